The third-order valence-corrected chi connectivity index (χ3v) is 9.37. The van der Waals surface area contributed by atoms with Gasteiger partial charge in [0.05, 0.1) is 11.7 Å². The molecule has 1 spiro atoms. The zero-order chi connectivity index (χ0) is 30.0. The van der Waals surface area contributed by atoms with Gasteiger partial charge in [0.1, 0.15) is 6.10 Å². The predicted octanol–water partition coefficient (Wildman–Crippen LogP) is 10.1. The fraction of sp³-hybridized carbons (Fsp3) is 0.694. The topological polar surface area (TPSA) is 42.4 Å². The van der Waals surface area contributed by atoms with Crippen molar-refractivity contribution in [3.8, 4) is 0 Å². The highest BCUT2D eigenvalue weighted by Gasteiger charge is 2.55. The fourth-order valence-electron chi connectivity index (χ4n) is 6.80. The van der Waals surface area contributed by atoms with Crippen LogP contribution < -0.4 is 0 Å². The number of aliphatic hydroxyl groups excluding tert-OH is 1. The summed E-state index contributed by atoms with van der Waals surface area (Å²) < 4.78 is 7.19. The molecule has 1 N–H and O–H groups in total. The Bertz CT molecular complexity index is 1120. The van der Waals surface area contributed by atoms with Crippen molar-refractivity contribution in [2.75, 3.05) is 6.26 Å². The fourth-order valence-corrected chi connectivity index (χ4v) is 6.80. The Morgan fingerprint density at radius 1 is 1.00 bits per heavy atom. The summed E-state index contributed by atoms with van der Waals surface area (Å²) in [5.41, 5.74) is 8.26. The summed E-state index contributed by atoms with van der Waals surface area (Å²) in [4.78, 5) is 5.29. The Morgan fingerprint density at radius 2 is 1.60 bits per heavy atom. The maximum atomic E-state index is 11.5. The molecule has 2 aliphatic carbocycles. The molecule has 0 radical (unpaired) electrons. The minimum atomic E-state index is -0.471. The molecule has 0 amide bonds. The normalized spacial score (nSPS) is 26.4. The average molecular weight is 568 g/mol. The van der Waals surface area contributed by atoms with Crippen LogP contribution >= 0.6 is 12.6 Å². The van der Waals surface area contributed by atoms with Gasteiger partial charge in [0.15, 0.2) is 0 Å². The van der Waals surface area contributed by atoms with Gasteiger partial charge in [-0.25, -0.2) is 0 Å². The van der Waals surface area contributed by atoms with E-state index in [1.165, 1.54) is 47.2 Å². The number of hydrogen-bond donors (Lipinski definition) is 2. The molecular formula is C36H57NO2S. The predicted molar refractivity (Wildman–Crippen MR) is 174 cm³/mol. The number of pyridine rings is 1. The van der Waals surface area contributed by atoms with Gasteiger partial charge in [-0.15, -0.1) is 0 Å². The van der Waals surface area contributed by atoms with Crippen LogP contribution in [-0.4, -0.2) is 16.3 Å². The van der Waals surface area contributed by atoms with Crippen LogP contribution in [-0.2, 0) is 16.8 Å². The lowest BCUT2D eigenvalue weighted by Gasteiger charge is -2.39. The molecule has 4 unspecified atom stereocenters. The monoisotopic (exact) mass is 567 g/mol. The Morgan fingerprint density at radius 3 is 2.08 bits per heavy atom. The zero-order valence-corrected chi connectivity index (χ0v) is 28.2. The average Bonchev–Trinajstić information content (AvgIpc) is 3.44. The molecule has 3 aliphatic rings. The lowest BCUT2D eigenvalue weighted by Crippen LogP contribution is -2.34. The van der Waals surface area contributed by atoms with E-state index in [2.05, 4.69) is 106 Å². The van der Waals surface area contributed by atoms with Crippen LogP contribution in [0.4, 0.5) is 0 Å². The molecule has 3 nitrogen and oxygen atoms in total. The molecule has 224 valence electrons. The number of hydrogen-bond acceptors (Lipinski definition) is 4. The summed E-state index contributed by atoms with van der Waals surface area (Å²) in [6.45, 7) is 22.5. The second-order valence-electron chi connectivity index (χ2n) is 14.2. The second kappa shape index (κ2) is 13.3. The highest BCUT2D eigenvalue weighted by atomic mass is 32.1. The van der Waals surface area contributed by atoms with Gasteiger partial charge in [-0.1, -0.05) is 99.9 Å². The minimum absolute atomic E-state index is 0.0574. The third-order valence-electron chi connectivity index (χ3n) is 9.37. The van der Waals surface area contributed by atoms with Crippen LogP contribution in [0.15, 0.2) is 24.3 Å². The number of thiol groups is 1. The van der Waals surface area contributed by atoms with E-state index >= 15 is 0 Å². The first-order valence-electron chi connectivity index (χ1n) is 15.8. The Labute approximate surface area is 251 Å². The van der Waals surface area contributed by atoms with Crippen LogP contribution in [0.3, 0.4) is 0 Å². The first-order valence-corrected chi connectivity index (χ1v) is 16.7. The standard InChI is InChI=1S/C30H41NO2.C5H12.CH4S/c1-17(2)20-10-12-21(13-11-20)28-25-26(30(33-28)14-8-9-19(30)5)24-22(31-27(25)18(3)4)15-29(6,7)16-23(24)32;1-4-5(2)3;1-2/h10-13,17-19,23,28,32H,8-9,14-16H2,1-7H3;5H,4H2,1-3H3;2H,1H3. The van der Waals surface area contributed by atoms with E-state index in [0.29, 0.717) is 17.8 Å². The number of aliphatic hydroxyl groups is 1. The van der Waals surface area contributed by atoms with E-state index in [1.54, 1.807) is 6.26 Å². The van der Waals surface area contributed by atoms with Crippen molar-refractivity contribution in [1.29, 1.82) is 0 Å². The number of nitrogens with zero attached hydrogens (tertiary/aromatic N) is 1. The lowest BCUT2D eigenvalue weighted by atomic mass is 9.69. The molecule has 4 atom stereocenters. The van der Waals surface area contributed by atoms with Crippen molar-refractivity contribution in [2.24, 2.45) is 17.3 Å². The van der Waals surface area contributed by atoms with Crippen LogP contribution in [0.25, 0.3) is 0 Å². The van der Waals surface area contributed by atoms with Crippen molar-refractivity contribution < 1.29 is 9.84 Å². The third kappa shape index (κ3) is 6.50. The summed E-state index contributed by atoms with van der Waals surface area (Å²) in [5.74, 6) is 2.13. The number of fused-ring (bicyclic) bond motifs is 4. The molecule has 0 saturated heterocycles. The van der Waals surface area contributed by atoms with E-state index < -0.39 is 6.10 Å². The second-order valence-corrected chi connectivity index (χ2v) is 14.2. The molecule has 2 aromatic rings. The van der Waals surface area contributed by atoms with E-state index in [4.69, 9.17) is 9.72 Å². The highest BCUT2D eigenvalue weighted by molar-refractivity contribution is 7.79. The summed E-state index contributed by atoms with van der Waals surface area (Å²) in [5, 5.41) is 11.5. The molecule has 5 rings (SSSR count). The van der Waals surface area contributed by atoms with Crippen molar-refractivity contribution in [3.63, 3.8) is 0 Å². The summed E-state index contributed by atoms with van der Waals surface area (Å²) in [6.07, 6.45) is 7.51. The van der Waals surface area contributed by atoms with E-state index in [9.17, 15) is 5.11 Å². The molecule has 1 aromatic carbocycles. The van der Waals surface area contributed by atoms with Gasteiger partial charge in [0.25, 0.3) is 0 Å². The summed E-state index contributed by atoms with van der Waals surface area (Å²) >= 11 is 3.53. The van der Waals surface area contributed by atoms with E-state index in [-0.39, 0.29) is 17.1 Å². The number of benzene rings is 1. The summed E-state index contributed by atoms with van der Waals surface area (Å²) in [6, 6.07) is 9.02. The van der Waals surface area contributed by atoms with Gasteiger partial charge in [0, 0.05) is 22.5 Å². The van der Waals surface area contributed by atoms with Crippen molar-refractivity contribution in [2.45, 2.75) is 137 Å². The molecular weight excluding hydrogens is 510 g/mol. The number of aromatic nitrogens is 1. The Hall–Kier alpha value is -1.36. The van der Waals surface area contributed by atoms with Gasteiger partial charge in [-0.3, -0.25) is 4.98 Å². The largest absolute Gasteiger partial charge is 0.388 e. The molecule has 1 aromatic heterocycles. The quantitative estimate of drug-likeness (QED) is 0.361. The van der Waals surface area contributed by atoms with Crippen LogP contribution in [0.5, 0.6) is 0 Å². The first kappa shape index (κ1) is 33.1. The van der Waals surface area contributed by atoms with Gasteiger partial charge < -0.3 is 9.84 Å². The smallest absolute Gasteiger partial charge is 0.111 e. The Kier molecular flexibility index (Phi) is 11.0. The number of rotatable bonds is 4. The van der Waals surface area contributed by atoms with Crippen LogP contribution in [0, 0.1) is 17.3 Å². The molecule has 2 heterocycles. The highest BCUT2D eigenvalue weighted by Crippen LogP contribution is 2.61. The SMILES string of the molecule is CC(C)c1ccc(C2OC3(CCCC3C)c3c4c(nc(C(C)C)c32)CC(C)(C)CC4O)cc1.CCC(C)C.CS. The molecule has 1 saturated carbocycles. The maximum absolute atomic E-state index is 11.5. The summed E-state index contributed by atoms with van der Waals surface area (Å²) in [7, 11) is 0. The van der Waals surface area contributed by atoms with Gasteiger partial charge in [-0.2, -0.15) is 12.6 Å². The maximum Gasteiger partial charge on any atom is 0.111 e. The van der Waals surface area contributed by atoms with Crippen molar-refractivity contribution in [3.05, 3.63) is 63.5 Å². The minimum Gasteiger partial charge on any atom is -0.388 e. The first-order chi connectivity index (χ1) is 18.8. The van der Waals surface area contributed by atoms with Gasteiger partial charge in [0.2, 0.25) is 0 Å². The molecule has 4 heteroatoms. The van der Waals surface area contributed by atoms with Crippen LogP contribution in [0.2, 0.25) is 0 Å². The van der Waals surface area contributed by atoms with Gasteiger partial charge in [-0.05, 0) is 84.1 Å². The van der Waals surface area contributed by atoms with E-state index in [1.807, 2.05) is 0 Å². The molecule has 1 aliphatic heterocycles. The zero-order valence-electron chi connectivity index (χ0n) is 27.3. The molecule has 40 heavy (non-hydrogen) atoms. The van der Waals surface area contributed by atoms with Crippen LogP contribution in [0.1, 0.15) is 165 Å². The van der Waals surface area contributed by atoms with Crippen molar-refractivity contribution >= 4 is 12.6 Å². The van der Waals surface area contributed by atoms with Crippen molar-refractivity contribution in [1.82, 2.24) is 4.98 Å². The van der Waals surface area contributed by atoms with E-state index in [0.717, 1.165) is 36.4 Å². The van der Waals surface area contributed by atoms with Gasteiger partial charge >= 0.3 is 0 Å². The molecule has 1 fully saturated rings. The molecule has 0 bridgehead atoms. The lowest BCUT2D eigenvalue weighted by molar-refractivity contribution is -0.0842. The number of ether oxygens (including phenoxy) is 1. The Balaban J connectivity index is 0.000000570.